The maximum atomic E-state index is 12.3. The SMILES string of the molecule is Cc1ccc(-n2nnnc2SCC(=O)NCC(C)(C)[NH+]2CCOCC2)cc1. The van der Waals surface area contributed by atoms with Gasteiger partial charge < -0.3 is 15.0 Å². The average Bonchev–Trinajstić information content (AvgIpc) is 3.15. The van der Waals surface area contributed by atoms with Gasteiger partial charge in [-0.05, 0) is 43.3 Å². The van der Waals surface area contributed by atoms with Gasteiger partial charge in [-0.1, -0.05) is 29.5 Å². The summed E-state index contributed by atoms with van der Waals surface area (Å²) in [6.45, 7) is 10.5. The largest absolute Gasteiger partial charge is 0.370 e. The molecule has 2 aromatic rings. The van der Waals surface area contributed by atoms with Crippen LogP contribution in [0, 0.1) is 6.92 Å². The predicted molar refractivity (Wildman–Crippen MR) is 103 cm³/mol. The van der Waals surface area contributed by atoms with Gasteiger partial charge in [0.15, 0.2) is 0 Å². The van der Waals surface area contributed by atoms with Crippen LogP contribution in [-0.4, -0.2) is 70.3 Å². The summed E-state index contributed by atoms with van der Waals surface area (Å²) in [6, 6.07) is 7.94. The van der Waals surface area contributed by atoms with Crippen LogP contribution in [0.5, 0.6) is 0 Å². The van der Waals surface area contributed by atoms with Gasteiger partial charge >= 0.3 is 0 Å². The van der Waals surface area contributed by atoms with Crippen LogP contribution >= 0.6 is 11.8 Å². The van der Waals surface area contributed by atoms with Crippen molar-refractivity contribution in [2.75, 3.05) is 38.6 Å². The average molecular weight is 392 g/mol. The number of aryl methyl sites for hydroxylation is 1. The molecule has 3 rings (SSSR count). The summed E-state index contributed by atoms with van der Waals surface area (Å²) in [4.78, 5) is 13.8. The number of ether oxygens (including phenoxy) is 1. The number of carbonyl (C=O) groups is 1. The molecule has 9 heteroatoms. The smallest absolute Gasteiger partial charge is 0.230 e. The van der Waals surface area contributed by atoms with Gasteiger partial charge in [0.25, 0.3) is 0 Å². The number of hydrogen-bond acceptors (Lipinski definition) is 6. The number of rotatable bonds is 7. The Morgan fingerprint density at radius 2 is 2.00 bits per heavy atom. The van der Waals surface area contributed by atoms with E-state index in [4.69, 9.17) is 4.74 Å². The van der Waals surface area contributed by atoms with Gasteiger partial charge in [0.05, 0.1) is 31.2 Å². The summed E-state index contributed by atoms with van der Waals surface area (Å²) < 4.78 is 7.07. The Labute approximate surface area is 163 Å². The predicted octanol–water partition coefficient (Wildman–Crippen LogP) is -0.127. The molecular weight excluding hydrogens is 364 g/mol. The topological polar surface area (TPSA) is 86.4 Å². The van der Waals surface area contributed by atoms with Crippen LogP contribution in [0.3, 0.4) is 0 Å². The minimum absolute atomic E-state index is 0.0146. The zero-order chi connectivity index (χ0) is 19.3. The van der Waals surface area contributed by atoms with E-state index in [1.165, 1.54) is 22.2 Å². The van der Waals surface area contributed by atoms with Crippen LogP contribution in [0.15, 0.2) is 29.4 Å². The first-order valence-electron chi connectivity index (χ1n) is 9.13. The van der Waals surface area contributed by atoms with Gasteiger partial charge in [0.1, 0.15) is 18.6 Å². The number of amides is 1. The Morgan fingerprint density at radius 1 is 1.30 bits per heavy atom. The van der Waals surface area contributed by atoms with Gasteiger partial charge in [0, 0.05) is 0 Å². The molecule has 0 radical (unpaired) electrons. The van der Waals surface area contributed by atoms with E-state index in [0.717, 1.165) is 32.0 Å². The van der Waals surface area contributed by atoms with E-state index < -0.39 is 0 Å². The van der Waals surface area contributed by atoms with Crippen LogP contribution in [0.2, 0.25) is 0 Å². The summed E-state index contributed by atoms with van der Waals surface area (Å²) in [5.41, 5.74) is 2.03. The number of carbonyl (C=O) groups excluding carboxylic acids is 1. The molecule has 0 bridgehead atoms. The van der Waals surface area contributed by atoms with Gasteiger partial charge in [-0.25, -0.2) is 0 Å². The molecule has 1 aliphatic heterocycles. The number of hydrogen-bond donors (Lipinski definition) is 2. The number of nitrogens with zero attached hydrogens (tertiary/aromatic N) is 4. The molecule has 0 aliphatic carbocycles. The number of nitrogens with one attached hydrogen (secondary N) is 2. The highest BCUT2D eigenvalue weighted by atomic mass is 32.2. The first kappa shape index (κ1) is 19.8. The quantitative estimate of drug-likeness (QED) is 0.640. The van der Waals surface area contributed by atoms with Crippen molar-refractivity contribution in [2.45, 2.75) is 31.5 Å². The first-order chi connectivity index (χ1) is 13.0. The van der Waals surface area contributed by atoms with Crippen molar-refractivity contribution in [3.05, 3.63) is 29.8 Å². The molecule has 2 N–H and O–H groups in total. The van der Waals surface area contributed by atoms with Crippen molar-refractivity contribution in [1.29, 1.82) is 0 Å². The summed E-state index contributed by atoms with van der Waals surface area (Å²) in [5, 5.41) is 15.5. The zero-order valence-corrected chi connectivity index (χ0v) is 16.9. The van der Waals surface area contributed by atoms with E-state index in [0.29, 0.717) is 11.7 Å². The van der Waals surface area contributed by atoms with Crippen molar-refractivity contribution in [3.63, 3.8) is 0 Å². The molecule has 1 amide bonds. The second-order valence-corrected chi connectivity index (χ2v) is 8.32. The molecule has 2 heterocycles. The molecule has 1 aromatic heterocycles. The number of thioether (sulfide) groups is 1. The van der Waals surface area contributed by atoms with Gasteiger partial charge in [-0.15, -0.1) is 5.10 Å². The lowest BCUT2D eigenvalue weighted by molar-refractivity contribution is -0.954. The van der Waals surface area contributed by atoms with Crippen molar-refractivity contribution in [2.24, 2.45) is 0 Å². The highest BCUT2D eigenvalue weighted by Gasteiger charge is 2.32. The van der Waals surface area contributed by atoms with Gasteiger partial charge in [0.2, 0.25) is 11.1 Å². The summed E-state index contributed by atoms with van der Waals surface area (Å²) in [5.74, 6) is 0.264. The monoisotopic (exact) mass is 391 g/mol. The molecular formula is C18H27N6O2S+. The lowest BCUT2D eigenvalue weighted by atomic mass is 10.0. The van der Waals surface area contributed by atoms with Crippen molar-refractivity contribution in [1.82, 2.24) is 25.5 Å². The first-order valence-corrected chi connectivity index (χ1v) is 10.1. The molecule has 0 spiro atoms. The van der Waals surface area contributed by atoms with E-state index in [1.807, 2.05) is 31.2 Å². The fourth-order valence-electron chi connectivity index (χ4n) is 3.04. The van der Waals surface area contributed by atoms with Crippen molar-refractivity contribution in [3.8, 4) is 5.69 Å². The Bertz CT molecular complexity index is 755. The van der Waals surface area contributed by atoms with Crippen LogP contribution in [0.25, 0.3) is 5.69 Å². The van der Waals surface area contributed by atoms with E-state index in [9.17, 15) is 4.79 Å². The van der Waals surface area contributed by atoms with Gasteiger partial charge in [-0.3, -0.25) is 4.79 Å². The van der Waals surface area contributed by atoms with Crippen LogP contribution in [-0.2, 0) is 9.53 Å². The minimum atomic E-state index is -0.0203. The maximum absolute atomic E-state index is 12.3. The molecule has 1 fully saturated rings. The fraction of sp³-hybridized carbons (Fsp3) is 0.556. The molecule has 146 valence electrons. The molecule has 1 saturated heterocycles. The van der Waals surface area contributed by atoms with Gasteiger partial charge in [-0.2, -0.15) is 4.68 Å². The normalized spacial score (nSPS) is 15.7. The molecule has 1 aromatic carbocycles. The third kappa shape index (κ3) is 5.27. The minimum Gasteiger partial charge on any atom is -0.370 e. The van der Waals surface area contributed by atoms with E-state index in [-0.39, 0.29) is 17.2 Å². The Balaban J connectivity index is 1.51. The van der Waals surface area contributed by atoms with Crippen molar-refractivity contribution >= 4 is 17.7 Å². The lowest BCUT2D eigenvalue weighted by Crippen LogP contribution is -3.22. The molecule has 0 unspecified atom stereocenters. The summed E-state index contributed by atoms with van der Waals surface area (Å²) in [6.07, 6.45) is 0. The number of tetrazole rings is 1. The highest BCUT2D eigenvalue weighted by Crippen LogP contribution is 2.18. The number of aromatic nitrogens is 4. The second kappa shape index (κ2) is 8.81. The fourth-order valence-corrected chi connectivity index (χ4v) is 3.76. The van der Waals surface area contributed by atoms with Crippen LogP contribution < -0.4 is 10.2 Å². The molecule has 0 saturated carbocycles. The number of benzene rings is 1. The number of quaternary nitrogens is 1. The summed E-state index contributed by atoms with van der Waals surface area (Å²) >= 11 is 1.34. The Kier molecular flexibility index (Phi) is 6.46. The Hall–Kier alpha value is -1.97. The Morgan fingerprint density at radius 3 is 2.70 bits per heavy atom. The molecule has 8 nitrogen and oxygen atoms in total. The van der Waals surface area contributed by atoms with Crippen molar-refractivity contribution < 1.29 is 14.4 Å². The molecule has 1 aliphatic rings. The second-order valence-electron chi connectivity index (χ2n) is 7.37. The number of morpholine rings is 1. The van der Waals surface area contributed by atoms with E-state index >= 15 is 0 Å². The lowest BCUT2D eigenvalue weighted by Gasteiger charge is -2.37. The van der Waals surface area contributed by atoms with Crippen LogP contribution in [0.1, 0.15) is 19.4 Å². The molecule has 0 atom stereocenters. The summed E-state index contributed by atoms with van der Waals surface area (Å²) in [7, 11) is 0. The zero-order valence-electron chi connectivity index (χ0n) is 16.1. The third-order valence-electron chi connectivity index (χ3n) is 4.83. The molecule has 27 heavy (non-hydrogen) atoms. The van der Waals surface area contributed by atoms with Crippen LogP contribution in [0.4, 0.5) is 0 Å². The maximum Gasteiger partial charge on any atom is 0.230 e. The third-order valence-corrected chi connectivity index (χ3v) is 5.75. The van der Waals surface area contributed by atoms with E-state index in [1.54, 1.807) is 4.68 Å². The standard InChI is InChI=1S/C18H26N6O2S/c1-14-4-6-15(7-5-14)24-17(20-21-22-24)27-12-16(25)19-13-18(2,3)23-8-10-26-11-9-23/h4-7H,8-13H2,1-3H3,(H,19,25)/p+1. The van der Waals surface area contributed by atoms with E-state index in [2.05, 4.69) is 34.7 Å². The highest BCUT2D eigenvalue weighted by molar-refractivity contribution is 7.99.